The van der Waals surface area contributed by atoms with Crippen molar-refractivity contribution in [2.75, 3.05) is 0 Å². The fraction of sp³-hybridized carbons (Fsp3) is 0.0222. The van der Waals surface area contributed by atoms with Crippen LogP contribution in [0.1, 0.15) is 11.1 Å². The largest absolute Gasteiger partial charge is 0.309 e. The van der Waals surface area contributed by atoms with E-state index in [4.69, 9.17) is 0 Å². The van der Waals surface area contributed by atoms with Gasteiger partial charge in [0, 0.05) is 39.5 Å². The summed E-state index contributed by atoms with van der Waals surface area (Å²) in [5.74, 6) is 0. The maximum Gasteiger partial charge on any atom is 0.0579 e. The molecule has 0 N–H and O–H groups in total. The van der Waals surface area contributed by atoms with Gasteiger partial charge < -0.3 is 9.13 Å². The van der Waals surface area contributed by atoms with E-state index in [1.165, 1.54) is 88.7 Å². The monoisotopic (exact) mass is 598 g/mol. The molecular formula is C45H30N2. The molecule has 7 aromatic carbocycles. The van der Waals surface area contributed by atoms with Crippen LogP contribution in [0.15, 0.2) is 170 Å². The van der Waals surface area contributed by atoms with Crippen LogP contribution in [-0.4, -0.2) is 9.13 Å². The second-order valence-electron chi connectivity index (χ2n) is 12.6. The van der Waals surface area contributed by atoms with Crippen LogP contribution in [0.3, 0.4) is 0 Å². The van der Waals surface area contributed by atoms with E-state index in [0.717, 1.165) is 6.42 Å². The van der Waals surface area contributed by atoms with Crippen molar-refractivity contribution in [3.8, 4) is 44.9 Å². The molecule has 220 valence electrons. The van der Waals surface area contributed by atoms with Crippen molar-refractivity contribution in [3.63, 3.8) is 0 Å². The van der Waals surface area contributed by atoms with Crippen molar-refractivity contribution in [3.05, 3.63) is 181 Å². The molecule has 0 aliphatic heterocycles. The van der Waals surface area contributed by atoms with Gasteiger partial charge in [-0.05, 0) is 81.9 Å². The number of fused-ring (bicyclic) bond motifs is 8. The van der Waals surface area contributed by atoms with Gasteiger partial charge in [-0.15, -0.1) is 0 Å². The molecule has 47 heavy (non-hydrogen) atoms. The molecular weight excluding hydrogens is 569 g/mol. The highest BCUT2D eigenvalue weighted by atomic mass is 15.0. The van der Waals surface area contributed by atoms with Gasteiger partial charge in [-0.3, -0.25) is 0 Å². The Bertz CT molecular complexity index is 2560. The molecule has 0 saturated heterocycles. The van der Waals surface area contributed by atoms with Gasteiger partial charge in [0.05, 0.1) is 22.2 Å². The van der Waals surface area contributed by atoms with E-state index >= 15 is 0 Å². The number of aromatic nitrogens is 2. The summed E-state index contributed by atoms with van der Waals surface area (Å²) in [6, 6.07) is 62.0. The van der Waals surface area contributed by atoms with Crippen LogP contribution in [0.2, 0.25) is 0 Å². The molecule has 2 nitrogen and oxygen atoms in total. The fourth-order valence-corrected chi connectivity index (χ4v) is 7.80. The molecule has 0 radical (unpaired) electrons. The average molecular weight is 599 g/mol. The minimum atomic E-state index is 0.962. The van der Waals surface area contributed by atoms with Crippen molar-refractivity contribution in [1.29, 1.82) is 0 Å². The van der Waals surface area contributed by atoms with E-state index < -0.39 is 0 Å². The van der Waals surface area contributed by atoms with Gasteiger partial charge >= 0.3 is 0 Å². The molecule has 2 heterocycles. The molecule has 0 atom stereocenters. The first kappa shape index (κ1) is 26.1. The molecule has 0 fully saturated rings. The third kappa shape index (κ3) is 3.98. The van der Waals surface area contributed by atoms with E-state index in [1.54, 1.807) is 0 Å². The molecule has 9 aromatic rings. The number of para-hydroxylation sites is 3. The highest BCUT2D eigenvalue weighted by molar-refractivity contribution is 6.09. The summed E-state index contributed by atoms with van der Waals surface area (Å²) in [5, 5.41) is 3.90. The van der Waals surface area contributed by atoms with Crippen LogP contribution < -0.4 is 0 Å². The van der Waals surface area contributed by atoms with Crippen molar-refractivity contribution in [2.24, 2.45) is 0 Å². The van der Waals surface area contributed by atoms with E-state index in [2.05, 4.69) is 179 Å². The predicted octanol–water partition coefficient (Wildman–Crippen LogP) is 11.6. The molecule has 0 bridgehead atoms. The van der Waals surface area contributed by atoms with E-state index in [1.807, 2.05) is 0 Å². The molecule has 0 unspecified atom stereocenters. The lowest BCUT2D eigenvalue weighted by Crippen LogP contribution is -1.97. The molecule has 1 aliphatic carbocycles. The van der Waals surface area contributed by atoms with Gasteiger partial charge in [-0.25, -0.2) is 0 Å². The minimum Gasteiger partial charge on any atom is -0.309 e. The van der Waals surface area contributed by atoms with Crippen LogP contribution in [0.4, 0.5) is 0 Å². The Balaban J connectivity index is 1.05. The maximum absolute atomic E-state index is 2.47. The topological polar surface area (TPSA) is 9.86 Å². The Labute approximate surface area is 273 Å². The zero-order chi connectivity index (χ0) is 30.9. The number of nitrogens with zero attached hydrogens (tertiary/aromatic N) is 2. The normalized spacial score (nSPS) is 12.2. The second-order valence-corrected chi connectivity index (χ2v) is 12.6. The smallest absolute Gasteiger partial charge is 0.0579 e. The number of rotatable bonds is 4. The van der Waals surface area contributed by atoms with Gasteiger partial charge in [0.2, 0.25) is 0 Å². The van der Waals surface area contributed by atoms with E-state index in [0.29, 0.717) is 0 Å². The van der Waals surface area contributed by atoms with Gasteiger partial charge in [0.1, 0.15) is 0 Å². The first-order chi connectivity index (χ1) is 23.3. The molecule has 0 amide bonds. The van der Waals surface area contributed by atoms with Crippen LogP contribution >= 0.6 is 0 Å². The standard InChI is InChI=1S/C45H30N2/c1-2-10-30(11-3-1)33-18-19-34-29-41-39-14-6-9-17-44(39)47(45(41)40(34)28-33)36-26-22-32(23-27-36)31-20-24-35(25-21-31)46-42-15-7-4-12-37(42)38-13-5-8-16-43(38)46/h1-28H,29H2. The summed E-state index contributed by atoms with van der Waals surface area (Å²) >= 11 is 0. The van der Waals surface area contributed by atoms with Crippen LogP contribution in [0.25, 0.3) is 77.6 Å². The Morgan fingerprint density at radius 1 is 0.362 bits per heavy atom. The quantitative estimate of drug-likeness (QED) is 0.191. The van der Waals surface area contributed by atoms with Crippen LogP contribution in [0, 0.1) is 0 Å². The zero-order valence-electron chi connectivity index (χ0n) is 25.8. The summed E-state index contributed by atoms with van der Waals surface area (Å²) in [4.78, 5) is 0. The molecule has 2 aromatic heterocycles. The van der Waals surface area contributed by atoms with Crippen molar-refractivity contribution < 1.29 is 0 Å². The Morgan fingerprint density at radius 3 is 1.45 bits per heavy atom. The molecule has 0 spiro atoms. The molecule has 2 heteroatoms. The Hall–Kier alpha value is -6.12. The lowest BCUT2D eigenvalue weighted by molar-refractivity contribution is 1.13. The molecule has 1 aliphatic rings. The number of benzene rings is 7. The average Bonchev–Trinajstić information content (AvgIpc) is 3.79. The predicted molar refractivity (Wildman–Crippen MR) is 197 cm³/mol. The van der Waals surface area contributed by atoms with Gasteiger partial charge in [0.15, 0.2) is 0 Å². The second kappa shape index (κ2) is 10.2. The van der Waals surface area contributed by atoms with E-state index in [-0.39, 0.29) is 0 Å². The first-order valence-corrected chi connectivity index (χ1v) is 16.3. The summed E-state index contributed by atoms with van der Waals surface area (Å²) in [6.45, 7) is 0. The zero-order valence-corrected chi connectivity index (χ0v) is 25.8. The Kier molecular flexibility index (Phi) is 5.67. The fourth-order valence-electron chi connectivity index (χ4n) is 7.80. The summed E-state index contributed by atoms with van der Waals surface area (Å²) < 4.78 is 4.84. The number of hydrogen-bond donors (Lipinski definition) is 0. The van der Waals surface area contributed by atoms with Crippen LogP contribution in [-0.2, 0) is 6.42 Å². The van der Waals surface area contributed by atoms with Crippen molar-refractivity contribution in [1.82, 2.24) is 9.13 Å². The SMILES string of the molecule is c1ccc(-c2ccc3c(c2)-c2c(c4ccccc4n2-c2ccc(-c4ccc(-n5c6ccccc6c6ccccc65)cc4)cc2)C3)cc1. The third-order valence-electron chi connectivity index (χ3n) is 9.98. The lowest BCUT2D eigenvalue weighted by atomic mass is 10.00. The lowest BCUT2D eigenvalue weighted by Gasteiger charge is -2.14. The van der Waals surface area contributed by atoms with Gasteiger partial charge in [-0.2, -0.15) is 0 Å². The summed E-state index contributed by atoms with van der Waals surface area (Å²) in [7, 11) is 0. The van der Waals surface area contributed by atoms with Crippen molar-refractivity contribution >= 4 is 32.7 Å². The first-order valence-electron chi connectivity index (χ1n) is 16.3. The number of hydrogen-bond acceptors (Lipinski definition) is 0. The van der Waals surface area contributed by atoms with E-state index in [9.17, 15) is 0 Å². The van der Waals surface area contributed by atoms with Crippen LogP contribution in [0.5, 0.6) is 0 Å². The maximum atomic E-state index is 2.47. The van der Waals surface area contributed by atoms with Gasteiger partial charge in [0.25, 0.3) is 0 Å². The highest BCUT2D eigenvalue weighted by Gasteiger charge is 2.27. The summed E-state index contributed by atoms with van der Waals surface area (Å²) in [6.07, 6.45) is 0.962. The molecule has 0 saturated carbocycles. The van der Waals surface area contributed by atoms with Crippen molar-refractivity contribution in [2.45, 2.75) is 6.42 Å². The Morgan fingerprint density at radius 2 is 0.830 bits per heavy atom. The highest BCUT2D eigenvalue weighted by Crippen LogP contribution is 2.45. The van der Waals surface area contributed by atoms with Gasteiger partial charge in [-0.1, -0.05) is 121 Å². The summed E-state index contributed by atoms with van der Waals surface area (Å²) in [5.41, 5.74) is 16.5. The third-order valence-corrected chi connectivity index (χ3v) is 9.98. The minimum absolute atomic E-state index is 0.962. The molecule has 10 rings (SSSR count).